The van der Waals surface area contributed by atoms with E-state index in [4.69, 9.17) is 14.2 Å². The maximum atomic E-state index is 12.8. The summed E-state index contributed by atoms with van der Waals surface area (Å²) >= 11 is 0. The molecule has 0 aliphatic carbocycles. The highest BCUT2D eigenvalue weighted by Crippen LogP contribution is 2.39. The number of benzene rings is 3. The van der Waals surface area contributed by atoms with E-state index < -0.39 is 0 Å². The van der Waals surface area contributed by atoms with Crippen LogP contribution in [0.5, 0.6) is 23.0 Å². The Kier molecular flexibility index (Phi) is 6.39. The lowest BCUT2D eigenvalue weighted by atomic mass is 10.0. The Labute approximate surface area is 204 Å². The van der Waals surface area contributed by atoms with E-state index in [1.54, 1.807) is 25.3 Å². The summed E-state index contributed by atoms with van der Waals surface area (Å²) in [6.07, 6.45) is 3.40. The predicted molar refractivity (Wildman–Crippen MR) is 136 cm³/mol. The second kappa shape index (κ2) is 9.93. The fourth-order valence-electron chi connectivity index (χ4n) is 4.43. The number of carbonyl (C=O) groups excluding carboxylic acids is 1. The number of amides is 2. The van der Waals surface area contributed by atoms with Crippen molar-refractivity contribution in [3.63, 3.8) is 0 Å². The molecule has 4 aromatic rings. The topological polar surface area (TPSA) is 72.9 Å². The van der Waals surface area contributed by atoms with Crippen LogP contribution in [-0.2, 0) is 6.42 Å². The van der Waals surface area contributed by atoms with Crippen molar-refractivity contribution in [1.29, 1.82) is 0 Å². The van der Waals surface area contributed by atoms with Gasteiger partial charge in [-0.15, -0.1) is 0 Å². The highest BCUT2D eigenvalue weighted by molar-refractivity contribution is 5.93. The molecule has 7 heteroatoms. The Morgan fingerprint density at radius 3 is 2.46 bits per heavy atom. The molecule has 2 amide bonds. The quantitative estimate of drug-likeness (QED) is 0.383. The third-order valence-electron chi connectivity index (χ3n) is 6.19. The second-order valence-electron chi connectivity index (χ2n) is 8.38. The molecule has 0 saturated carbocycles. The summed E-state index contributed by atoms with van der Waals surface area (Å²) in [6, 6.07) is 23.4. The summed E-state index contributed by atoms with van der Waals surface area (Å²) in [5.41, 5.74) is 2.72. The molecule has 1 N–H and O–H groups in total. The molecule has 0 radical (unpaired) electrons. The fourth-order valence-corrected chi connectivity index (χ4v) is 4.43. The number of hydrogen-bond donors (Lipinski definition) is 1. The molecule has 1 aliphatic rings. The molecule has 1 fully saturated rings. The third-order valence-corrected chi connectivity index (χ3v) is 6.19. The Bertz CT molecular complexity index is 1330. The maximum Gasteiger partial charge on any atom is 0.322 e. The molecule has 7 nitrogen and oxygen atoms in total. The summed E-state index contributed by atoms with van der Waals surface area (Å²) in [5.74, 6) is 2.49. The van der Waals surface area contributed by atoms with Gasteiger partial charge in [0, 0.05) is 29.9 Å². The number of fused-ring (bicyclic) bond motifs is 1. The minimum Gasteiger partial charge on any atom is -0.493 e. The molecule has 35 heavy (non-hydrogen) atoms. The lowest BCUT2D eigenvalue weighted by Gasteiger charge is -2.33. The zero-order valence-corrected chi connectivity index (χ0v) is 19.7. The molecule has 178 valence electrons. The first kappa shape index (κ1) is 22.5. The third kappa shape index (κ3) is 4.71. The molecular weight excluding hydrogens is 442 g/mol. The second-order valence-corrected chi connectivity index (χ2v) is 8.38. The van der Waals surface area contributed by atoms with Gasteiger partial charge in [-0.1, -0.05) is 30.3 Å². The monoisotopic (exact) mass is 469 g/mol. The van der Waals surface area contributed by atoms with Crippen molar-refractivity contribution in [3.05, 3.63) is 84.6 Å². The molecule has 5 rings (SSSR count). The average Bonchev–Trinajstić information content (AvgIpc) is 2.89. The number of urea groups is 1. The number of rotatable bonds is 7. The number of hydrogen-bond acceptors (Lipinski definition) is 5. The van der Waals surface area contributed by atoms with E-state index in [9.17, 15) is 4.79 Å². The van der Waals surface area contributed by atoms with Crippen molar-refractivity contribution in [1.82, 2.24) is 10.3 Å². The molecule has 1 unspecified atom stereocenters. The van der Waals surface area contributed by atoms with Crippen LogP contribution in [0.25, 0.3) is 10.9 Å². The summed E-state index contributed by atoms with van der Waals surface area (Å²) in [5, 5.41) is 3.95. The number of pyridine rings is 1. The molecule has 0 spiro atoms. The van der Waals surface area contributed by atoms with Gasteiger partial charge in [0.05, 0.1) is 14.2 Å². The van der Waals surface area contributed by atoms with Gasteiger partial charge in [-0.2, -0.15) is 0 Å². The predicted octanol–water partition coefficient (Wildman–Crippen LogP) is 5.58. The van der Waals surface area contributed by atoms with Crippen molar-refractivity contribution in [3.8, 4) is 23.0 Å². The fraction of sp³-hybridized carbons (Fsp3) is 0.214. The van der Waals surface area contributed by atoms with Gasteiger partial charge in [-0.25, -0.2) is 4.79 Å². The molecule has 2 heterocycles. The van der Waals surface area contributed by atoms with Gasteiger partial charge in [-0.3, -0.25) is 9.88 Å². The largest absolute Gasteiger partial charge is 0.493 e. The SMILES string of the molecule is COc1ccc2c(Oc3ccc(N4CCC(Cc5ccccc5)NC4=O)cc3)ccnc2c1OC. The number of nitrogens with zero attached hydrogens (tertiary/aromatic N) is 2. The van der Waals surface area contributed by atoms with Gasteiger partial charge in [-0.05, 0) is 60.9 Å². The van der Waals surface area contributed by atoms with Gasteiger partial charge in [0.2, 0.25) is 0 Å². The summed E-state index contributed by atoms with van der Waals surface area (Å²) < 4.78 is 17.0. The summed E-state index contributed by atoms with van der Waals surface area (Å²) in [4.78, 5) is 19.0. The summed E-state index contributed by atoms with van der Waals surface area (Å²) in [6.45, 7) is 0.667. The Morgan fingerprint density at radius 2 is 1.74 bits per heavy atom. The Hall–Kier alpha value is -4.26. The molecular formula is C28H27N3O4. The van der Waals surface area contributed by atoms with E-state index >= 15 is 0 Å². The molecule has 3 aromatic carbocycles. The number of nitrogens with one attached hydrogen (secondary N) is 1. The maximum absolute atomic E-state index is 12.8. The van der Waals surface area contributed by atoms with Crippen molar-refractivity contribution < 1.29 is 19.0 Å². The van der Waals surface area contributed by atoms with Crippen LogP contribution in [0.1, 0.15) is 12.0 Å². The molecule has 1 atom stereocenters. The van der Waals surface area contributed by atoms with Crippen LogP contribution in [-0.4, -0.2) is 37.8 Å². The minimum absolute atomic E-state index is 0.0768. The highest BCUT2D eigenvalue weighted by Gasteiger charge is 2.26. The van der Waals surface area contributed by atoms with Gasteiger partial charge in [0.25, 0.3) is 0 Å². The smallest absolute Gasteiger partial charge is 0.322 e. The van der Waals surface area contributed by atoms with Crippen molar-refractivity contribution in [2.24, 2.45) is 0 Å². The Balaban J connectivity index is 1.28. The van der Waals surface area contributed by atoms with E-state index in [0.29, 0.717) is 35.1 Å². The van der Waals surface area contributed by atoms with Crippen molar-refractivity contribution in [2.75, 3.05) is 25.7 Å². The van der Waals surface area contributed by atoms with Gasteiger partial charge in [0.15, 0.2) is 11.5 Å². The number of aromatic nitrogens is 1. The normalized spacial score (nSPS) is 15.5. The van der Waals surface area contributed by atoms with E-state index in [1.807, 2.05) is 60.7 Å². The zero-order chi connectivity index (χ0) is 24.2. The molecule has 0 bridgehead atoms. The number of carbonyl (C=O) groups is 1. The van der Waals surface area contributed by atoms with Crippen LogP contribution in [0.4, 0.5) is 10.5 Å². The van der Waals surface area contributed by atoms with Crippen molar-refractivity contribution >= 4 is 22.6 Å². The van der Waals surface area contributed by atoms with Crippen LogP contribution >= 0.6 is 0 Å². The standard InChI is InChI=1S/C28H27N3O4/c1-33-25-13-12-23-24(14-16-29-26(23)27(25)34-2)35-22-10-8-21(9-11-22)31-17-15-20(30-28(31)32)18-19-6-4-3-5-7-19/h3-14,16,20H,15,17-18H2,1-2H3,(H,30,32). The van der Waals surface area contributed by atoms with E-state index in [1.165, 1.54) is 5.56 Å². The van der Waals surface area contributed by atoms with Gasteiger partial charge >= 0.3 is 6.03 Å². The first-order valence-electron chi connectivity index (χ1n) is 11.6. The van der Waals surface area contributed by atoms with Crippen LogP contribution in [0.15, 0.2) is 79.0 Å². The van der Waals surface area contributed by atoms with Crippen LogP contribution in [0, 0.1) is 0 Å². The Morgan fingerprint density at radius 1 is 0.943 bits per heavy atom. The van der Waals surface area contributed by atoms with Crippen LogP contribution in [0.2, 0.25) is 0 Å². The first-order chi connectivity index (χ1) is 17.2. The number of ether oxygens (including phenoxy) is 3. The molecule has 1 aromatic heterocycles. The first-order valence-corrected chi connectivity index (χ1v) is 11.6. The molecule has 1 saturated heterocycles. The average molecular weight is 470 g/mol. The summed E-state index contributed by atoms with van der Waals surface area (Å²) in [7, 11) is 3.18. The highest BCUT2D eigenvalue weighted by atomic mass is 16.5. The number of methoxy groups -OCH3 is 2. The van der Waals surface area contributed by atoms with Crippen molar-refractivity contribution in [2.45, 2.75) is 18.9 Å². The van der Waals surface area contributed by atoms with Gasteiger partial charge in [0.1, 0.15) is 17.0 Å². The minimum atomic E-state index is -0.0768. The molecule has 1 aliphatic heterocycles. The van der Waals surface area contributed by atoms with Crippen LogP contribution < -0.4 is 24.4 Å². The van der Waals surface area contributed by atoms with E-state index in [0.717, 1.165) is 23.9 Å². The van der Waals surface area contributed by atoms with Crippen LogP contribution in [0.3, 0.4) is 0 Å². The van der Waals surface area contributed by atoms with Gasteiger partial charge < -0.3 is 19.5 Å². The van der Waals surface area contributed by atoms with E-state index in [2.05, 4.69) is 22.4 Å². The zero-order valence-electron chi connectivity index (χ0n) is 19.7. The lowest BCUT2D eigenvalue weighted by Crippen LogP contribution is -2.52. The lowest BCUT2D eigenvalue weighted by molar-refractivity contribution is 0.236. The van der Waals surface area contributed by atoms with E-state index in [-0.39, 0.29) is 12.1 Å². The number of anilines is 1.